The second-order valence-electron chi connectivity index (χ2n) is 8.71. The van der Waals surface area contributed by atoms with Gasteiger partial charge in [0.1, 0.15) is 0 Å². The lowest BCUT2D eigenvalue weighted by Gasteiger charge is -2.30. The van der Waals surface area contributed by atoms with Crippen LogP contribution >= 0.6 is 23.1 Å². The van der Waals surface area contributed by atoms with Crippen molar-refractivity contribution in [1.82, 2.24) is 25.0 Å². The van der Waals surface area contributed by atoms with Gasteiger partial charge in [0.15, 0.2) is 11.0 Å². The molecule has 30 heavy (non-hydrogen) atoms. The summed E-state index contributed by atoms with van der Waals surface area (Å²) in [4.78, 5) is 27.1. The molecule has 0 radical (unpaired) electrons. The van der Waals surface area contributed by atoms with Crippen LogP contribution < -0.4 is 5.32 Å². The van der Waals surface area contributed by atoms with E-state index in [-0.39, 0.29) is 18.0 Å². The molecular formula is C21H27N5O2S2. The molecule has 3 fully saturated rings. The first-order valence-corrected chi connectivity index (χ1v) is 12.5. The number of thiophene rings is 1. The minimum absolute atomic E-state index is 0.171. The van der Waals surface area contributed by atoms with Gasteiger partial charge in [-0.15, -0.1) is 21.5 Å². The lowest BCUT2D eigenvalue weighted by molar-refractivity contribution is -0.126. The van der Waals surface area contributed by atoms with Gasteiger partial charge in [0.25, 0.3) is 0 Å². The van der Waals surface area contributed by atoms with Gasteiger partial charge in [-0.05, 0) is 62.3 Å². The van der Waals surface area contributed by atoms with E-state index in [4.69, 9.17) is 0 Å². The van der Waals surface area contributed by atoms with Crippen molar-refractivity contribution in [1.29, 1.82) is 0 Å². The fourth-order valence-electron chi connectivity index (χ4n) is 5.48. The van der Waals surface area contributed by atoms with Crippen molar-refractivity contribution in [3.05, 3.63) is 17.5 Å². The molecule has 3 heterocycles. The van der Waals surface area contributed by atoms with Gasteiger partial charge in [-0.25, -0.2) is 4.79 Å². The highest BCUT2D eigenvalue weighted by Crippen LogP contribution is 2.53. The first kappa shape index (κ1) is 20.1. The topological polar surface area (TPSA) is 80.1 Å². The molecule has 160 valence electrons. The molecule has 0 unspecified atom stereocenters. The number of amides is 3. The molecule has 1 N–H and O–H groups in total. The number of thioether (sulfide) groups is 1. The summed E-state index contributed by atoms with van der Waals surface area (Å²) < 4.78 is 2.26. The third kappa shape index (κ3) is 3.45. The summed E-state index contributed by atoms with van der Waals surface area (Å²) in [7, 11) is 0. The highest BCUT2D eigenvalue weighted by Gasteiger charge is 2.43. The number of fused-ring (bicyclic) bond motifs is 2. The molecule has 2 aliphatic carbocycles. The summed E-state index contributed by atoms with van der Waals surface area (Å²) >= 11 is 3.08. The summed E-state index contributed by atoms with van der Waals surface area (Å²) in [5.74, 6) is 3.01. The Balaban J connectivity index is 1.43. The van der Waals surface area contributed by atoms with E-state index in [1.165, 1.54) is 42.3 Å². The number of nitrogens with one attached hydrogen (secondary N) is 1. The lowest BCUT2D eigenvalue weighted by Crippen LogP contribution is -2.39. The lowest BCUT2D eigenvalue weighted by atomic mass is 9.84. The van der Waals surface area contributed by atoms with Gasteiger partial charge < -0.3 is 5.32 Å². The molecule has 5 atom stereocenters. The van der Waals surface area contributed by atoms with Gasteiger partial charge in [0.05, 0.1) is 10.1 Å². The van der Waals surface area contributed by atoms with Gasteiger partial charge >= 0.3 is 6.03 Å². The number of hydrogen-bond acceptors (Lipinski definition) is 6. The molecule has 9 heteroatoms. The molecular weight excluding hydrogens is 418 g/mol. The molecule has 7 nitrogen and oxygen atoms in total. The highest BCUT2D eigenvalue weighted by atomic mass is 32.2. The number of nitrogens with zero attached hydrogens (tertiary/aromatic N) is 4. The van der Waals surface area contributed by atoms with E-state index < -0.39 is 5.25 Å². The number of hydrogen-bond donors (Lipinski definition) is 1. The number of urea groups is 1. The molecule has 5 rings (SSSR count). The minimum Gasteiger partial charge on any atom is -0.336 e. The minimum atomic E-state index is -0.403. The third-order valence-corrected chi connectivity index (χ3v) is 8.89. The second-order valence-corrected chi connectivity index (χ2v) is 11.0. The summed E-state index contributed by atoms with van der Waals surface area (Å²) in [5.41, 5.74) is 0. The zero-order chi connectivity index (χ0) is 20.8. The number of imide groups is 1. The standard InChI is InChI=1S/C21H27N5O2S2/c1-12(16-11-14-5-6-15(16)10-14)26-18(17-4-3-9-29-17)23-24-21(26)30-13(2)19(27)25-8-7-22-20(25)28/h3-4,9,12-16H,5-8,10-11H2,1-2H3,(H,22,28)/t12-,13+,14+,15+,16+/m1/s1. The maximum atomic E-state index is 12.8. The Hall–Kier alpha value is -1.87. The van der Waals surface area contributed by atoms with Crippen LogP contribution in [0, 0.1) is 17.8 Å². The molecule has 2 saturated carbocycles. The highest BCUT2D eigenvalue weighted by molar-refractivity contribution is 8.00. The molecule has 2 aromatic rings. The van der Waals surface area contributed by atoms with E-state index in [0.29, 0.717) is 19.0 Å². The van der Waals surface area contributed by atoms with Crippen molar-refractivity contribution in [2.24, 2.45) is 17.8 Å². The first-order chi connectivity index (χ1) is 14.5. The normalized spacial score (nSPS) is 27.5. The van der Waals surface area contributed by atoms with Crippen LogP contribution in [0.3, 0.4) is 0 Å². The Bertz CT molecular complexity index is 943. The van der Waals surface area contributed by atoms with Crippen molar-refractivity contribution in [2.45, 2.75) is 56.0 Å². The Kier molecular flexibility index (Phi) is 5.35. The molecule has 3 aliphatic rings. The number of rotatable bonds is 6. The fraction of sp³-hybridized carbons (Fsp3) is 0.619. The van der Waals surface area contributed by atoms with Crippen molar-refractivity contribution in [3.63, 3.8) is 0 Å². The van der Waals surface area contributed by atoms with Gasteiger partial charge in [0.2, 0.25) is 5.91 Å². The number of carbonyl (C=O) groups excluding carboxylic acids is 2. The van der Waals surface area contributed by atoms with Crippen LogP contribution in [-0.2, 0) is 4.79 Å². The maximum Gasteiger partial charge on any atom is 0.324 e. The summed E-state index contributed by atoms with van der Waals surface area (Å²) in [5, 5.41) is 14.2. The van der Waals surface area contributed by atoms with Gasteiger partial charge in [-0.3, -0.25) is 14.3 Å². The van der Waals surface area contributed by atoms with E-state index in [2.05, 4.69) is 38.5 Å². The number of carbonyl (C=O) groups is 2. The van der Waals surface area contributed by atoms with E-state index in [1.54, 1.807) is 11.3 Å². The van der Waals surface area contributed by atoms with E-state index in [9.17, 15) is 9.59 Å². The Morgan fingerprint density at radius 1 is 1.30 bits per heavy atom. The molecule has 0 aromatic carbocycles. The molecule has 2 aromatic heterocycles. The van der Waals surface area contributed by atoms with E-state index >= 15 is 0 Å². The average Bonchev–Trinajstić information content (AvgIpc) is 3.55. The monoisotopic (exact) mass is 445 g/mol. The SMILES string of the molecule is C[C@H](Sc1nnc(-c2cccs2)n1[C@H](C)[C@@H]1C[C@H]2CC[C@H]1C2)C(=O)N1CCNC1=O. The smallest absolute Gasteiger partial charge is 0.324 e. The van der Waals surface area contributed by atoms with Crippen molar-refractivity contribution in [2.75, 3.05) is 13.1 Å². The van der Waals surface area contributed by atoms with Crippen LogP contribution in [-0.4, -0.2) is 49.9 Å². The molecule has 1 saturated heterocycles. The summed E-state index contributed by atoms with van der Waals surface area (Å²) in [6.07, 6.45) is 5.34. The van der Waals surface area contributed by atoms with Crippen molar-refractivity contribution >= 4 is 35.0 Å². The fourth-order valence-corrected chi connectivity index (χ4v) is 7.19. The summed E-state index contributed by atoms with van der Waals surface area (Å²) in [6.45, 7) is 5.08. The van der Waals surface area contributed by atoms with Crippen molar-refractivity contribution in [3.8, 4) is 10.7 Å². The van der Waals surface area contributed by atoms with Crippen LogP contribution in [0.5, 0.6) is 0 Å². The Morgan fingerprint density at radius 3 is 2.80 bits per heavy atom. The maximum absolute atomic E-state index is 12.8. The van der Waals surface area contributed by atoms with Crippen LogP contribution in [0.25, 0.3) is 10.7 Å². The first-order valence-electron chi connectivity index (χ1n) is 10.8. The predicted octanol–water partition coefficient (Wildman–Crippen LogP) is 4.04. The van der Waals surface area contributed by atoms with Gasteiger partial charge in [-0.1, -0.05) is 24.2 Å². The quantitative estimate of drug-likeness (QED) is 0.679. The van der Waals surface area contributed by atoms with Crippen molar-refractivity contribution < 1.29 is 9.59 Å². The average molecular weight is 446 g/mol. The predicted molar refractivity (Wildman–Crippen MR) is 117 cm³/mol. The number of aromatic nitrogens is 3. The third-order valence-electron chi connectivity index (χ3n) is 6.98. The van der Waals surface area contributed by atoms with E-state index in [0.717, 1.165) is 27.7 Å². The Labute approximate surface area is 184 Å². The van der Waals surface area contributed by atoms with Crippen LogP contribution in [0.2, 0.25) is 0 Å². The van der Waals surface area contributed by atoms with Crippen LogP contribution in [0.4, 0.5) is 4.79 Å². The van der Waals surface area contributed by atoms with Gasteiger partial charge in [-0.2, -0.15) is 0 Å². The second kappa shape index (κ2) is 8.00. The summed E-state index contributed by atoms with van der Waals surface area (Å²) in [6, 6.07) is 4.10. The van der Waals surface area contributed by atoms with Crippen LogP contribution in [0.1, 0.15) is 45.6 Å². The Morgan fingerprint density at radius 2 is 2.17 bits per heavy atom. The molecule has 0 spiro atoms. The molecule has 1 aliphatic heterocycles. The van der Waals surface area contributed by atoms with Gasteiger partial charge in [0, 0.05) is 19.1 Å². The van der Waals surface area contributed by atoms with E-state index in [1.807, 2.05) is 13.0 Å². The zero-order valence-electron chi connectivity index (χ0n) is 17.3. The molecule has 2 bridgehead atoms. The van der Waals surface area contributed by atoms with Crippen LogP contribution in [0.15, 0.2) is 22.7 Å². The molecule has 3 amide bonds. The zero-order valence-corrected chi connectivity index (χ0v) is 18.9. The largest absolute Gasteiger partial charge is 0.336 e.